The van der Waals surface area contributed by atoms with E-state index in [0.717, 1.165) is 0 Å². The number of carbonyl (C=O) groups is 4. The van der Waals surface area contributed by atoms with E-state index >= 15 is 0 Å². The maximum absolute atomic E-state index is 12.1. The van der Waals surface area contributed by atoms with Gasteiger partial charge in [-0.25, -0.2) is 15.4 Å². The van der Waals surface area contributed by atoms with Crippen molar-refractivity contribution in [3.05, 3.63) is 41.0 Å². The number of para-hydroxylation sites is 1. The minimum atomic E-state index is -1.73. The zero-order chi connectivity index (χ0) is 16.2. The van der Waals surface area contributed by atoms with Crippen molar-refractivity contribution in [3.8, 4) is 0 Å². The number of amides is 1. The summed E-state index contributed by atoms with van der Waals surface area (Å²) < 4.78 is 0. The number of rotatable bonds is 5. The van der Waals surface area contributed by atoms with Gasteiger partial charge in [-0.15, -0.1) is 0 Å². The highest BCUT2D eigenvalue weighted by molar-refractivity contribution is 6.27. The molecule has 1 amide bonds. The monoisotopic (exact) mass is 293 g/mol. The first kappa shape index (κ1) is 15.9. The average Bonchev–Trinajstić information content (AvgIpc) is 2.43. The molecule has 9 heteroatoms. The Bertz CT molecular complexity index is 665. The molecule has 1 aromatic rings. The first-order valence-electron chi connectivity index (χ1n) is 5.41. The molecule has 0 aliphatic heterocycles. The molecule has 21 heavy (non-hydrogen) atoms. The lowest BCUT2D eigenvalue weighted by Crippen LogP contribution is -2.31. The molecule has 0 saturated carbocycles. The van der Waals surface area contributed by atoms with Gasteiger partial charge in [0.1, 0.15) is 5.57 Å². The summed E-state index contributed by atoms with van der Waals surface area (Å²) in [5.74, 6) is -0.285. The predicted molar refractivity (Wildman–Crippen MR) is 70.2 cm³/mol. The molecule has 0 aromatic heterocycles. The Labute approximate surface area is 117 Å². The van der Waals surface area contributed by atoms with E-state index in [2.05, 4.69) is 0 Å². The lowest BCUT2D eigenvalue weighted by atomic mass is 9.98. The van der Waals surface area contributed by atoms with Crippen LogP contribution in [0.5, 0.6) is 0 Å². The molecule has 9 nitrogen and oxygen atoms in total. The number of Topliss-reactive ketones (excluding diaryl/α,β-unsaturated/α-hetero) is 1. The Hall–Kier alpha value is -3.20. The second-order valence-corrected chi connectivity index (χ2v) is 3.77. The number of aliphatic carboxylic acids is 2. The first-order chi connectivity index (χ1) is 9.79. The van der Waals surface area contributed by atoms with E-state index in [1.54, 1.807) is 0 Å². The topological polar surface area (TPSA) is 173 Å². The molecule has 0 aliphatic rings. The first-order valence-corrected chi connectivity index (χ1v) is 5.41. The maximum Gasteiger partial charge on any atom is 0.339 e. The smallest absolute Gasteiger partial charge is 0.339 e. The van der Waals surface area contributed by atoms with Crippen LogP contribution in [0, 0.1) is 0 Å². The molecule has 0 aliphatic carbocycles. The minimum absolute atomic E-state index is 0.136. The second kappa shape index (κ2) is 6.30. The Morgan fingerprint density at radius 3 is 2.14 bits per heavy atom. The fraction of sp³-hybridized carbons (Fsp3) is 0. The SMILES string of the molecule is NNC(=O)c1cccc(C(=O)/C(=C\C(=O)O)C(=O)O)c1N. The van der Waals surface area contributed by atoms with Crippen LogP contribution in [0.25, 0.3) is 0 Å². The van der Waals surface area contributed by atoms with Crippen LogP contribution in [0.3, 0.4) is 0 Å². The molecule has 1 rings (SSSR count). The van der Waals surface area contributed by atoms with Crippen molar-refractivity contribution in [1.29, 1.82) is 0 Å². The molecule has 0 bridgehead atoms. The molecule has 0 unspecified atom stereocenters. The van der Waals surface area contributed by atoms with Crippen LogP contribution in [-0.2, 0) is 9.59 Å². The van der Waals surface area contributed by atoms with Crippen molar-refractivity contribution in [2.45, 2.75) is 0 Å². The number of carboxylic acids is 2. The van der Waals surface area contributed by atoms with Crippen molar-refractivity contribution in [3.63, 3.8) is 0 Å². The number of anilines is 1. The van der Waals surface area contributed by atoms with E-state index in [4.69, 9.17) is 21.8 Å². The molecule has 0 heterocycles. The van der Waals surface area contributed by atoms with Gasteiger partial charge < -0.3 is 15.9 Å². The molecule has 7 N–H and O–H groups in total. The second-order valence-electron chi connectivity index (χ2n) is 3.77. The van der Waals surface area contributed by atoms with Crippen molar-refractivity contribution in [1.82, 2.24) is 5.43 Å². The summed E-state index contributed by atoms with van der Waals surface area (Å²) in [7, 11) is 0. The van der Waals surface area contributed by atoms with Gasteiger partial charge in [-0.05, 0) is 12.1 Å². The molecule has 0 fully saturated rings. The fourth-order valence-electron chi connectivity index (χ4n) is 1.53. The number of hydrazine groups is 1. The van der Waals surface area contributed by atoms with Gasteiger partial charge in [-0.3, -0.25) is 15.0 Å². The molecule has 110 valence electrons. The third-order valence-electron chi connectivity index (χ3n) is 2.47. The number of hydrogen-bond acceptors (Lipinski definition) is 6. The van der Waals surface area contributed by atoms with Crippen LogP contribution in [0.4, 0.5) is 5.69 Å². The van der Waals surface area contributed by atoms with Crippen LogP contribution < -0.4 is 17.0 Å². The Kier molecular flexibility index (Phi) is 4.76. The summed E-state index contributed by atoms with van der Waals surface area (Å²) in [6.07, 6.45) is 0.250. The van der Waals surface area contributed by atoms with Crippen molar-refractivity contribution >= 4 is 29.3 Å². The third-order valence-corrected chi connectivity index (χ3v) is 2.47. The lowest BCUT2D eigenvalue weighted by Gasteiger charge is -2.09. The van der Waals surface area contributed by atoms with Gasteiger partial charge in [0.15, 0.2) is 0 Å². The molecule has 1 aromatic carbocycles. The zero-order valence-corrected chi connectivity index (χ0v) is 10.5. The molecular weight excluding hydrogens is 282 g/mol. The fourth-order valence-corrected chi connectivity index (χ4v) is 1.53. The lowest BCUT2D eigenvalue weighted by molar-refractivity contribution is -0.134. The number of carboxylic acid groups (broad SMARTS) is 2. The summed E-state index contributed by atoms with van der Waals surface area (Å²) in [5, 5.41) is 17.5. The molecule has 0 radical (unpaired) electrons. The van der Waals surface area contributed by atoms with E-state index in [-0.39, 0.29) is 22.9 Å². The number of nitrogens with two attached hydrogens (primary N) is 2. The average molecular weight is 293 g/mol. The van der Waals surface area contributed by atoms with Crippen LogP contribution in [0.15, 0.2) is 29.8 Å². The van der Waals surface area contributed by atoms with Crippen molar-refractivity contribution in [2.24, 2.45) is 5.84 Å². The normalized spacial score (nSPS) is 10.8. The van der Waals surface area contributed by atoms with Gasteiger partial charge in [0.2, 0.25) is 5.78 Å². The number of carbonyl (C=O) groups excluding carboxylic acids is 2. The molecule has 0 atom stereocenters. The van der Waals surface area contributed by atoms with E-state index in [1.165, 1.54) is 18.2 Å². The highest BCUT2D eigenvalue weighted by atomic mass is 16.4. The summed E-state index contributed by atoms with van der Waals surface area (Å²) >= 11 is 0. The number of benzene rings is 1. The van der Waals surface area contributed by atoms with Gasteiger partial charge in [-0.1, -0.05) is 6.07 Å². The number of nitrogens with one attached hydrogen (secondary N) is 1. The van der Waals surface area contributed by atoms with E-state index in [9.17, 15) is 19.2 Å². The van der Waals surface area contributed by atoms with E-state index in [1.807, 2.05) is 5.43 Å². The van der Waals surface area contributed by atoms with Gasteiger partial charge in [-0.2, -0.15) is 0 Å². The zero-order valence-electron chi connectivity index (χ0n) is 10.5. The van der Waals surface area contributed by atoms with Crippen LogP contribution in [-0.4, -0.2) is 33.8 Å². The molecule has 0 saturated heterocycles. The quantitative estimate of drug-likeness (QED) is 0.0682. The van der Waals surface area contributed by atoms with Gasteiger partial charge in [0.05, 0.1) is 11.3 Å². The van der Waals surface area contributed by atoms with Gasteiger partial charge >= 0.3 is 11.9 Å². The third kappa shape index (κ3) is 3.42. The summed E-state index contributed by atoms with van der Waals surface area (Å²) in [6.45, 7) is 0. The van der Waals surface area contributed by atoms with Crippen molar-refractivity contribution < 1.29 is 29.4 Å². The highest BCUT2D eigenvalue weighted by Crippen LogP contribution is 2.21. The number of hydrogen-bond donors (Lipinski definition) is 5. The molecular formula is C12H11N3O6. The van der Waals surface area contributed by atoms with Crippen LogP contribution in [0.1, 0.15) is 20.7 Å². The Morgan fingerprint density at radius 1 is 1.10 bits per heavy atom. The van der Waals surface area contributed by atoms with Crippen LogP contribution >= 0.6 is 0 Å². The van der Waals surface area contributed by atoms with Crippen LogP contribution in [0.2, 0.25) is 0 Å². The van der Waals surface area contributed by atoms with E-state index < -0.39 is 29.2 Å². The van der Waals surface area contributed by atoms with Crippen molar-refractivity contribution in [2.75, 3.05) is 5.73 Å². The van der Waals surface area contributed by atoms with E-state index in [0.29, 0.717) is 0 Å². The number of ketones is 1. The summed E-state index contributed by atoms with van der Waals surface area (Å²) in [6, 6.07) is 3.73. The number of nitrogen functional groups attached to an aromatic ring is 2. The maximum atomic E-state index is 12.1. The van der Waals surface area contributed by atoms with Gasteiger partial charge in [0, 0.05) is 11.6 Å². The summed E-state index contributed by atoms with van der Waals surface area (Å²) in [5.41, 5.74) is 5.70. The Morgan fingerprint density at radius 2 is 1.67 bits per heavy atom. The molecule has 0 spiro atoms. The Balaban J connectivity index is 3.40. The summed E-state index contributed by atoms with van der Waals surface area (Å²) in [4.78, 5) is 45.0. The predicted octanol–water partition coefficient (Wildman–Crippen LogP) is -0.849. The van der Waals surface area contributed by atoms with Gasteiger partial charge in [0.25, 0.3) is 5.91 Å². The standard InChI is InChI=1S/C12H11N3O6/c13-9-5(2-1-3-6(9)11(19)15-14)10(18)7(12(20)21)4-8(16)17/h1-4H,13-14H2,(H,15,19)(H,16,17)(H,20,21)/b7-4+. The highest BCUT2D eigenvalue weighted by Gasteiger charge is 2.24. The minimum Gasteiger partial charge on any atom is -0.478 e. The largest absolute Gasteiger partial charge is 0.478 e.